The molecule has 0 aliphatic rings. The van der Waals surface area contributed by atoms with Crippen LogP contribution in [-0.4, -0.2) is 38.4 Å². The molecule has 0 fully saturated rings. The van der Waals surface area contributed by atoms with Crippen LogP contribution < -0.4 is 5.43 Å². The summed E-state index contributed by atoms with van der Waals surface area (Å²) in [5.41, 5.74) is 5.47. The number of sulfonamides is 1. The third-order valence-electron chi connectivity index (χ3n) is 3.91. The van der Waals surface area contributed by atoms with E-state index in [9.17, 15) is 13.2 Å². The number of nitrogens with one attached hydrogen (secondary N) is 1. The normalized spacial score (nSPS) is 11.9. The molecule has 0 heterocycles. The Labute approximate surface area is 168 Å². The Bertz CT molecular complexity index is 947. The van der Waals surface area contributed by atoms with Crippen molar-refractivity contribution in [2.75, 3.05) is 13.6 Å². The molecule has 0 saturated heterocycles. The standard InChI is InChI=1S/C19H22BrN3O3S/c1-13-9-14(2)19(15(3)10-13)27(25,26)23(4)12-18(24)22-21-11-16-5-7-17(20)8-6-16/h5-11H,12H2,1-4H3,(H,22,24)/b21-11-. The molecule has 0 unspecified atom stereocenters. The molecular weight excluding hydrogens is 430 g/mol. The molecule has 0 aliphatic carbocycles. The van der Waals surface area contributed by atoms with Gasteiger partial charge in [-0.25, -0.2) is 13.8 Å². The minimum absolute atomic E-state index is 0.238. The number of carbonyl (C=O) groups excluding carboxylic acids is 1. The summed E-state index contributed by atoms with van der Waals surface area (Å²) in [6.07, 6.45) is 1.49. The highest BCUT2D eigenvalue weighted by Crippen LogP contribution is 2.24. The summed E-state index contributed by atoms with van der Waals surface area (Å²) in [6, 6.07) is 11.0. The molecule has 2 aromatic rings. The number of likely N-dealkylation sites (N-methyl/N-ethyl adjacent to an activating group) is 1. The van der Waals surface area contributed by atoms with E-state index in [1.54, 1.807) is 13.8 Å². The number of hydrogen-bond donors (Lipinski definition) is 1. The molecule has 144 valence electrons. The summed E-state index contributed by atoms with van der Waals surface area (Å²) in [5.74, 6) is -0.517. The quantitative estimate of drug-likeness (QED) is 0.540. The van der Waals surface area contributed by atoms with Crippen molar-refractivity contribution in [3.63, 3.8) is 0 Å². The topological polar surface area (TPSA) is 78.8 Å². The van der Waals surface area contributed by atoms with Crippen molar-refractivity contribution in [1.82, 2.24) is 9.73 Å². The van der Waals surface area contributed by atoms with Crippen molar-refractivity contribution in [2.45, 2.75) is 25.7 Å². The lowest BCUT2D eigenvalue weighted by atomic mass is 10.1. The molecule has 0 saturated carbocycles. The lowest BCUT2D eigenvalue weighted by Gasteiger charge is -2.19. The molecule has 8 heteroatoms. The number of nitrogens with zero attached hydrogens (tertiary/aromatic N) is 2. The van der Waals surface area contributed by atoms with E-state index in [-0.39, 0.29) is 11.4 Å². The number of aryl methyl sites for hydroxylation is 3. The Morgan fingerprint density at radius 1 is 1.15 bits per heavy atom. The van der Waals surface area contributed by atoms with Crippen molar-refractivity contribution in [2.24, 2.45) is 5.10 Å². The molecule has 0 radical (unpaired) electrons. The highest BCUT2D eigenvalue weighted by Gasteiger charge is 2.26. The van der Waals surface area contributed by atoms with Crippen LogP contribution in [0.25, 0.3) is 0 Å². The summed E-state index contributed by atoms with van der Waals surface area (Å²) in [7, 11) is -2.40. The smallest absolute Gasteiger partial charge is 0.255 e. The molecule has 27 heavy (non-hydrogen) atoms. The average molecular weight is 452 g/mol. The molecule has 6 nitrogen and oxygen atoms in total. The largest absolute Gasteiger partial charge is 0.272 e. The maximum Gasteiger partial charge on any atom is 0.255 e. The van der Waals surface area contributed by atoms with Gasteiger partial charge in [0, 0.05) is 11.5 Å². The monoisotopic (exact) mass is 451 g/mol. The molecule has 2 rings (SSSR count). The minimum Gasteiger partial charge on any atom is -0.272 e. The second-order valence-corrected chi connectivity index (χ2v) is 9.23. The lowest BCUT2D eigenvalue weighted by Crippen LogP contribution is -2.37. The highest BCUT2D eigenvalue weighted by molar-refractivity contribution is 9.10. The van der Waals surface area contributed by atoms with E-state index in [2.05, 4.69) is 26.5 Å². The molecule has 0 bridgehead atoms. The number of carbonyl (C=O) groups is 1. The summed E-state index contributed by atoms with van der Waals surface area (Å²) in [4.78, 5) is 12.3. The van der Waals surface area contributed by atoms with Gasteiger partial charge in [0.05, 0.1) is 17.7 Å². The number of benzene rings is 2. The Morgan fingerprint density at radius 2 is 1.70 bits per heavy atom. The van der Waals surface area contributed by atoms with E-state index in [0.29, 0.717) is 11.1 Å². The molecule has 0 atom stereocenters. The van der Waals surface area contributed by atoms with Crippen molar-refractivity contribution in [3.05, 3.63) is 63.1 Å². The number of halogens is 1. The average Bonchev–Trinajstić information content (AvgIpc) is 2.55. The second kappa shape index (κ2) is 8.77. The van der Waals surface area contributed by atoms with Gasteiger partial charge in [-0.05, 0) is 49.6 Å². The zero-order valence-corrected chi connectivity index (χ0v) is 18.1. The predicted molar refractivity (Wildman–Crippen MR) is 110 cm³/mol. The van der Waals surface area contributed by atoms with Gasteiger partial charge in [-0.1, -0.05) is 45.8 Å². The molecular formula is C19H22BrN3O3S. The number of hydrazone groups is 1. The van der Waals surface area contributed by atoms with E-state index in [4.69, 9.17) is 0 Å². The molecule has 2 aromatic carbocycles. The Morgan fingerprint density at radius 3 is 2.26 bits per heavy atom. The first kappa shape index (κ1) is 21.3. The number of amides is 1. The zero-order valence-electron chi connectivity index (χ0n) is 15.7. The lowest BCUT2D eigenvalue weighted by molar-refractivity contribution is -0.121. The van der Waals surface area contributed by atoms with E-state index in [0.717, 1.165) is 19.9 Å². The van der Waals surface area contributed by atoms with Gasteiger partial charge in [-0.3, -0.25) is 4.79 Å². The first-order valence-electron chi connectivity index (χ1n) is 8.23. The molecule has 0 aliphatic heterocycles. The SMILES string of the molecule is Cc1cc(C)c(S(=O)(=O)N(C)CC(=O)N/N=C\c2ccc(Br)cc2)c(C)c1. The van der Waals surface area contributed by atoms with Crippen LogP contribution in [-0.2, 0) is 14.8 Å². The number of rotatable bonds is 6. The van der Waals surface area contributed by atoms with E-state index in [1.807, 2.05) is 43.3 Å². The highest BCUT2D eigenvalue weighted by atomic mass is 79.9. The molecule has 1 N–H and O–H groups in total. The fourth-order valence-corrected chi connectivity index (χ4v) is 4.57. The maximum atomic E-state index is 12.9. The van der Waals surface area contributed by atoms with Gasteiger partial charge in [0.15, 0.2) is 0 Å². The van der Waals surface area contributed by atoms with Gasteiger partial charge in [-0.2, -0.15) is 9.41 Å². The van der Waals surface area contributed by atoms with Gasteiger partial charge in [0.1, 0.15) is 0 Å². The van der Waals surface area contributed by atoms with Crippen LogP contribution in [0.3, 0.4) is 0 Å². The van der Waals surface area contributed by atoms with Crippen LogP contribution in [0.1, 0.15) is 22.3 Å². The third kappa shape index (κ3) is 5.47. The summed E-state index contributed by atoms with van der Waals surface area (Å²) in [5, 5.41) is 3.86. The summed E-state index contributed by atoms with van der Waals surface area (Å²) < 4.78 is 27.7. The van der Waals surface area contributed by atoms with Crippen LogP contribution in [0.15, 0.2) is 50.9 Å². The first-order valence-corrected chi connectivity index (χ1v) is 10.5. The van der Waals surface area contributed by atoms with Crippen molar-refractivity contribution in [1.29, 1.82) is 0 Å². The summed E-state index contributed by atoms with van der Waals surface area (Å²) >= 11 is 3.34. The van der Waals surface area contributed by atoms with Gasteiger partial charge in [0.2, 0.25) is 10.0 Å². The third-order valence-corrected chi connectivity index (χ3v) is 6.55. The van der Waals surface area contributed by atoms with Gasteiger partial charge >= 0.3 is 0 Å². The minimum atomic E-state index is -3.78. The molecule has 1 amide bonds. The predicted octanol–water partition coefficient (Wildman–Crippen LogP) is 3.15. The van der Waals surface area contributed by atoms with E-state index >= 15 is 0 Å². The van der Waals surface area contributed by atoms with Gasteiger partial charge in [-0.15, -0.1) is 0 Å². The Kier molecular flexibility index (Phi) is 6.91. The van der Waals surface area contributed by atoms with Gasteiger partial charge in [0.25, 0.3) is 5.91 Å². The fraction of sp³-hybridized carbons (Fsp3) is 0.263. The van der Waals surface area contributed by atoms with Crippen molar-refractivity contribution < 1.29 is 13.2 Å². The Hall–Kier alpha value is -2.03. The van der Waals surface area contributed by atoms with E-state index < -0.39 is 15.9 Å². The molecule has 0 aromatic heterocycles. The van der Waals surface area contributed by atoms with Crippen molar-refractivity contribution in [3.8, 4) is 0 Å². The van der Waals surface area contributed by atoms with Gasteiger partial charge < -0.3 is 0 Å². The van der Waals surface area contributed by atoms with Crippen molar-refractivity contribution >= 4 is 38.1 Å². The van der Waals surface area contributed by atoms with Crippen LogP contribution >= 0.6 is 15.9 Å². The Balaban J connectivity index is 2.06. The summed E-state index contributed by atoms with van der Waals surface area (Å²) in [6.45, 7) is 5.09. The zero-order chi connectivity index (χ0) is 20.2. The van der Waals surface area contributed by atoms with Crippen LogP contribution in [0, 0.1) is 20.8 Å². The second-order valence-electron chi connectivity index (χ2n) is 6.33. The maximum absolute atomic E-state index is 12.9. The first-order chi connectivity index (χ1) is 12.6. The van der Waals surface area contributed by atoms with Crippen LogP contribution in [0.2, 0.25) is 0 Å². The van der Waals surface area contributed by atoms with Crippen LogP contribution in [0.4, 0.5) is 0 Å². The molecule has 0 spiro atoms. The number of hydrogen-bond acceptors (Lipinski definition) is 4. The fourth-order valence-electron chi connectivity index (χ4n) is 2.78. The van der Waals surface area contributed by atoms with E-state index in [1.165, 1.54) is 13.3 Å². The van der Waals surface area contributed by atoms with Crippen LogP contribution in [0.5, 0.6) is 0 Å².